The molecule has 0 heterocycles. The first-order valence-corrected chi connectivity index (χ1v) is 10.1. The van der Waals surface area contributed by atoms with Crippen molar-refractivity contribution in [1.29, 1.82) is 0 Å². The van der Waals surface area contributed by atoms with E-state index in [2.05, 4.69) is 4.74 Å². The molecule has 0 fully saturated rings. The molecule has 0 aliphatic carbocycles. The number of benzene rings is 2. The maximum Gasteiger partial charge on any atom is 0.305 e. The molecule has 152 valence electrons. The summed E-state index contributed by atoms with van der Waals surface area (Å²) in [5.74, 6) is 0.906. The molecular weight excluding hydrogens is 399 g/mol. The number of aromatic hydroxyl groups is 1. The minimum Gasteiger partial charge on any atom is -0.508 e. The van der Waals surface area contributed by atoms with Gasteiger partial charge in [-0.05, 0) is 53.6 Å². The molecule has 0 unspecified atom stereocenters. The van der Waals surface area contributed by atoms with Crippen molar-refractivity contribution in [1.82, 2.24) is 0 Å². The molecule has 28 heavy (non-hydrogen) atoms. The molecule has 2 aromatic carbocycles. The molecule has 0 amide bonds. The Bertz CT molecular complexity index is 795. The monoisotopic (exact) mass is 424 g/mol. The molecule has 4 nitrogen and oxygen atoms in total. The van der Waals surface area contributed by atoms with Crippen LogP contribution in [0.25, 0.3) is 0 Å². The lowest BCUT2D eigenvalue weighted by molar-refractivity contribution is -0.140. The van der Waals surface area contributed by atoms with E-state index < -0.39 is 0 Å². The van der Waals surface area contributed by atoms with Crippen molar-refractivity contribution in [3.63, 3.8) is 0 Å². The predicted molar refractivity (Wildman–Crippen MR) is 113 cm³/mol. The Labute approximate surface area is 176 Å². The average molecular weight is 425 g/mol. The molecule has 2 aromatic rings. The highest BCUT2D eigenvalue weighted by molar-refractivity contribution is 6.36. The maximum atomic E-state index is 11.1. The highest BCUT2D eigenvalue weighted by Gasteiger charge is 2.13. The summed E-state index contributed by atoms with van der Waals surface area (Å²) in [6.45, 7) is 4.55. The molecule has 0 radical (unpaired) electrons. The van der Waals surface area contributed by atoms with Crippen LogP contribution in [0.5, 0.6) is 11.5 Å². The van der Waals surface area contributed by atoms with Gasteiger partial charge in [-0.15, -0.1) is 0 Å². The Morgan fingerprint density at radius 1 is 1.11 bits per heavy atom. The molecule has 0 saturated carbocycles. The van der Waals surface area contributed by atoms with Gasteiger partial charge in [0.15, 0.2) is 0 Å². The summed E-state index contributed by atoms with van der Waals surface area (Å²) in [6, 6.07) is 9.08. The van der Waals surface area contributed by atoms with Gasteiger partial charge in [0.25, 0.3) is 0 Å². The zero-order valence-electron chi connectivity index (χ0n) is 16.4. The predicted octanol–water partition coefficient (Wildman–Crippen LogP) is 6.14. The van der Waals surface area contributed by atoms with Crippen LogP contribution in [0.3, 0.4) is 0 Å². The Hall–Kier alpha value is -1.91. The van der Waals surface area contributed by atoms with Crippen molar-refractivity contribution in [2.75, 3.05) is 13.7 Å². The van der Waals surface area contributed by atoms with Gasteiger partial charge in [-0.3, -0.25) is 4.79 Å². The van der Waals surface area contributed by atoms with Crippen LogP contribution < -0.4 is 4.74 Å². The first-order chi connectivity index (χ1) is 13.3. The number of phenols is 1. The second-order valence-corrected chi connectivity index (χ2v) is 7.79. The minimum absolute atomic E-state index is 0.217. The second kappa shape index (κ2) is 10.6. The van der Waals surface area contributed by atoms with Crippen molar-refractivity contribution < 1.29 is 19.4 Å². The third-order valence-corrected chi connectivity index (χ3v) is 5.16. The Morgan fingerprint density at radius 2 is 1.79 bits per heavy atom. The van der Waals surface area contributed by atoms with Crippen LogP contribution in [-0.4, -0.2) is 24.8 Å². The van der Waals surface area contributed by atoms with Crippen LogP contribution in [0.4, 0.5) is 0 Å². The largest absolute Gasteiger partial charge is 0.508 e. The fraction of sp³-hybridized carbons (Fsp3) is 0.409. The van der Waals surface area contributed by atoms with E-state index in [1.165, 1.54) is 7.11 Å². The highest BCUT2D eigenvalue weighted by Crippen LogP contribution is 2.34. The zero-order valence-corrected chi connectivity index (χ0v) is 17.9. The van der Waals surface area contributed by atoms with E-state index >= 15 is 0 Å². The lowest BCUT2D eigenvalue weighted by Gasteiger charge is -2.14. The van der Waals surface area contributed by atoms with Crippen LogP contribution in [0.15, 0.2) is 30.3 Å². The van der Waals surface area contributed by atoms with Gasteiger partial charge in [-0.1, -0.05) is 49.2 Å². The molecule has 0 bridgehead atoms. The van der Waals surface area contributed by atoms with Crippen molar-refractivity contribution in [2.24, 2.45) is 0 Å². The molecular formula is C22H26Cl2O4. The number of halogens is 2. The fourth-order valence-electron chi connectivity index (χ4n) is 2.88. The molecule has 0 saturated heterocycles. The molecule has 0 aliphatic rings. The summed E-state index contributed by atoms with van der Waals surface area (Å²) in [6.07, 6.45) is 2.38. The van der Waals surface area contributed by atoms with Gasteiger partial charge >= 0.3 is 5.97 Å². The smallest absolute Gasteiger partial charge is 0.305 e. The zero-order chi connectivity index (χ0) is 20.7. The number of ether oxygens (including phenoxy) is 2. The second-order valence-electron chi connectivity index (χ2n) is 6.97. The van der Waals surface area contributed by atoms with Gasteiger partial charge < -0.3 is 14.6 Å². The summed E-state index contributed by atoms with van der Waals surface area (Å²) in [5, 5.41) is 11.1. The lowest BCUT2D eigenvalue weighted by atomic mass is 9.96. The van der Waals surface area contributed by atoms with Gasteiger partial charge in [0.05, 0.1) is 13.7 Å². The standard InChI is InChI=1S/C22H26Cl2O4/c1-14(2)17-10-15(7-8-21(17)25)11-18-19(23)12-16(13-20(18)24)28-9-5-4-6-22(26)27-3/h7-8,10,12-14,25H,4-6,9,11H2,1-3H3. The number of methoxy groups -OCH3 is 1. The third kappa shape index (κ3) is 6.32. The van der Waals surface area contributed by atoms with E-state index in [-0.39, 0.29) is 11.9 Å². The molecule has 0 atom stereocenters. The van der Waals surface area contributed by atoms with Gasteiger partial charge in [0, 0.05) is 22.9 Å². The molecule has 0 aromatic heterocycles. The topological polar surface area (TPSA) is 55.8 Å². The maximum absolute atomic E-state index is 11.1. The number of unbranched alkanes of at least 4 members (excludes halogenated alkanes) is 1. The molecule has 6 heteroatoms. The number of carbonyl (C=O) groups is 1. The molecule has 2 rings (SSSR count). The van der Waals surface area contributed by atoms with Crippen LogP contribution in [0, 0.1) is 0 Å². The van der Waals surface area contributed by atoms with E-state index in [1.54, 1.807) is 18.2 Å². The highest BCUT2D eigenvalue weighted by atomic mass is 35.5. The van der Waals surface area contributed by atoms with E-state index in [9.17, 15) is 9.90 Å². The minimum atomic E-state index is -0.217. The van der Waals surface area contributed by atoms with Crippen molar-refractivity contribution >= 4 is 29.2 Å². The Balaban J connectivity index is 2.02. The van der Waals surface area contributed by atoms with Gasteiger partial charge in [-0.25, -0.2) is 0 Å². The van der Waals surface area contributed by atoms with Crippen molar-refractivity contribution in [2.45, 2.75) is 45.4 Å². The molecule has 1 N–H and O–H groups in total. The van der Waals surface area contributed by atoms with Gasteiger partial charge in [-0.2, -0.15) is 0 Å². The van der Waals surface area contributed by atoms with Crippen LogP contribution in [-0.2, 0) is 16.0 Å². The normalized spacial score (nSPS) is 10.9. The quantitative estimate of drug-likeness (QED) is 0.388. The van der Waals surface area contributed by atoms with Crippen molar-refractivity contribution in [3.05, 3.63) is 57.1 Å². The lowest BCUT2D eigenvalue weighted by Crippen LogP contribution is -2.03. The summed E-state index contributed by atoms with van der Waals surface area (Å²) < 4.78 is 10.3. The first-order valence-electron chi connectivity index (χ1n) is 9.31. The fourth-order valence-corrected chi connectivity index (χ4v) is 3.48. The number of phenolic OH excluding ortho intramolecular Hbond substituents is 1. The SMILES string of the molecule is COC(=O)CCCCOc1cc(Cl)c(Cc2ccc(O)c(C(C)C)c2)c(Cl)c1. The summed E-state index contributed by atoms with van der Waals surface area (Å²) >= 11 is 12.9. The summed E-state index contributed by atoms with van der Waals surface area (Å²) in [5.41, 5.74) is 2.75. The average Bonchev–Trinajstić information content (AvgIpc) is 2.65. The number of carbonyl (C=O) groups excluding carboxylic acids is 1. The Morgan fingerprint density at radius 3 is 2.39 bits per heavy atom. The van der Waals surface area contributed by atoms with Crippen molar-refractivity contribution in [3.8, 4) is 11.5 Å². The van der Waals surface area contributed by atoms with E-state index in [0.717, 1.165) is 23.1 Å². The van der Waals surface area contributed by atoms with Gasteiger partial charge in [0.2, 0.25) is 0 Å². The van der Waals surface area contributed by atoms with E-state index in [4.69, 9.17) is 27.9 Å². The third-order valence-electron chi connectivity index (χ3n) is 4.48. The number of esters is 1. The van der Waals surface area contributed by atoms with Crippen LogP contribution >= 0.6 is 23.2 Å². The van der Waals surface area contributed by atoms with E-state index in [0.29, 0.717) is 47.4 Å². The van der Waals surface area contributed by atoms with Crippen LogP contribution in [0.2, 0.25) is 10.0 Å². The van der Waals surface area contributed by atoms with Crippen LogP contribution in [0.1, 0.15) is 55.7 Å². The molecule has 0 aliphatic heterocycles. The summed E-state index contributed by atoms with van der Waals surface area (Å²) in [4.78, 5) is 11.1. The molecule has 0 spiro atoms. The van der Waals surface area contributed by atoms with E-state index in [1.807, 2.05) is 26.0 Å². The number of rotatable bonds is 9. The summed E-state index contributed by atoms with van der Waals surface area (Å²) in [7, 11) is 1.38. The first kappa shape index (κ1) is 22.4. The number of hydrogen-bond donors (Lipinski definition) is 1. The number of hydrogen-bond acceptors (Lipinski definition) is 4. The Kier molecular flexibility index (Phi) is 8.46. The van der Waals surface area contributed by atoms with Gasteiger partial charge in [0.1, 0.15) is 11.5 Å².